The van der Waals surface area contributed by atoms with E-state index < -0.39 is 0 Å². The average Bonchev–Trinajstić information content (AvgIpc) is 2.52. The first kappa shape index (κ1) is 15.5. The van der Waals surface area contributed by atoms with Crippen LogP contribution in [0.15, 0.2) is 54.6 Å². The van der Waals surface area contributed by atoms with E-state index in [1.807, 2.05) is 30.3 Å². The highest BCUT2D eigenvalue weighted by molar-refractivity contribution is 5.77. The van der Waals surface area contributed by atoms with Crippen LogP contribution in [-0.4, -0.2) is 12.8 Å². The van der Waals surface area contributed by atoms with Gasteiger partial charge in [0, 0.05) is 11.6 Å². The fourth-order valence-electron chi connectivity index (χ4n) is 2.64. The molecular weight excluding hydrogens is 258 g/mol. The van der Waals surface area contributed by atoms with E-state index in [0.29, 0.717) is 12.0 Å². The lowest BCUT2D eigenvalue weighted by atomic mass is 9.95. The van der Waals surface area contributed by atoms with Crippen molar-refractivity contribution in [2.24, 2.45) is 5.92 Å². The van der Waals surface area contributed by atoms with Crippen molar-refractivity contribution in [2.75, 3.05) is 6.54 Å². The molecular formula is C19H23NO. The fraction of sp³-hybridized carbons (Fsp3) is 0.316. The molecule has 2 heteroatoms. The van der Waals surface area contributed by atoms with Crippen molar-refractivity contribution in [2.45, 2.75) is 26.3 Å². The molecule has 2 aromatic rings. The largest absolute Gasteiger partial charge is 0.309 e. The number of aldehydes is 1. The molecule has 0 aliphatic heterocycles. The lowest BCUT2D eigenvalue weighted by molar-refractivity contribution is 0.112. The Morgan fingerprint density at radius 2 is 1.67 bits per heavy atom. The number of hydrogen-bond acceptors (Lipinski definition) is 2. The van der Waals surface area contributed by atoms with E-state index >= 15 is 0 Å². The predicted molar refractivity (Wildman–Crippen MR) is 87.6 cm³/mol. The summed E-state index contributed by atoms with van der Waals surface area (Å²) in [7, 11) is 0. The van der Waals surface area contributed by atoms with Crippen LogP contribution in [0.25, 0.3) is 0 Å². The third kappa shape index (κ3) is 4.27. The summed E-state index contributed by atoms with van der Waals surface area (Å²) in [6, 6.07) is 18.7. The Hall–Kier alpha value is -1.93. The van der Waals surface area contributed by atoms with E-state index in [9.17, 15) is 4.79 Å². The molecule has 0 spiro atoms. The number of hydrogen-bond donors (Lipinski definition) is 1. The van der Waals surface area contributed by atoms with Crippen LogP contribution in [0.3, 0.4) is 0 Å². The summed E-state index contributed by atoms with van der Waals surface area (Å²) in [4.78, 5) is 11.0. The molecule has 2 nitrogen and oxygen atoms in total. The zero-order valence-electron chi connectivity index (χ0n) is 12.8. The quantitative estimate of drug-likeness (QED) is 0.776. The molecule has 1 unspecified atom stereocenters. The van der Waals surface area contributed by atoms with Crippen molar-refractivity contribution < 1.29 is 4.79 Å². The number of benzene rings is 2. The lowest BCUT2D eigenvalue weighted by Gasteiger charge is -2.23. The Bertz CT molecular complexity index is 563. The molecule has 1 atom stereocenters. The topological polar surface area (TPSA) is 29.1 Å². The van der Waals surface area contributed by atoms with Gasteiger partial charge in [-0.15, -0.1) is 0 Å². The van der Waals surface area contributed by atoms with Gasteiger partial charge in [-0.05, 0) is 30.0 Å². The second-order valence-electron chi connectivity index (χ2n) is 5.65. The van der Waals surface area contributed by atoms with Crippen LogP contribution in [-0.2, 0) is 6.42 Å². The van der Waals surface area contributed by atoms with Crippen molar-refractivity contribution in [3.63, 3.8) is 0 Å². The van der Waals surface area contributed by atoms with Gasteiger partial charge in [0.25, 0.3) is 0 Å². The summed E-state index contributed by atoms with van der Waals surface area (Å²) >= 11 is 0. The summed E-state index contributed by atoms with van der Waals surface area (Å²) in [6.45, 7) is 5.32. The van der Waals surface area contributed by atoms with Crippen molar-refractivity contribution in [3.8, 4) is 0 Å². The normalized spacial score (nSPS) is 12.3. The standard InChI is InChI=1S/C19H23NO/c1-15(2)19(17-9-4-3-5-10-17)20-13-12-16-8-6-7-11-18(16)14-21/h3-11,14-15,19-20H,12-13H2,1-2H3. The predicted octanol–water partition coefficient (Wildman–Crippen LogP) is 4.03. The summed E-state index contributed by atoms with van der Waals surface area (Å²) < 4.78 is 0. The molecule has 0 aromatic heterocycles. The molecule has 0 saturated heterocycles. The maximum Gasteiger partial charge on any atom is 0.150 e. The van der Waals surface area contributed by atoms with Crippen LogP contribution in [0.1, 0.15) is 41.4 Å². The molecule has 110 valence electrons. The Kier molecular flexibility index (Phi) is 5.70. The number of carbonyl (C=O) groups excluding carboxylic acids is 1. The van der Waals surface area contributed by atoms with E-state index in [1.165, 1.54) is 5.56 Å². The van der Waals surface area contributed by atoms with Gasteiger partial charge in [0.05, 0.1) is 0 Å². The first-order valence-corrected chi connectivity index (χ1v) is 7.53. The smallest absolute Gasteiger partial charge is 0.150 e. The maximum atomic E-state index is 11.0. The summed E-state index contributed by atoms with van der Waals surface area (Å²) in [5.41, 5.74) is 3.21. The van der Waals surface area contributed by atoms with Gasteiger partial charge in [-0.3, -0.25) is 4.79 Å². The first-order chi connectivity index (χ1) is 10.2. The molecule has 0 bridgehead atoms. The highest BCUT2D eigenvalue weighted by Crippen LogP contribution is 2.21. The van der Waals surface area contributed by atoms with Gasteiger partial charge in [-0.25, -0.2) is 0 Å². The number of rotatable bonds is 7. The molecule has 0 saturated carbocycles. The van der Waals surface area contributed by atoms with Gasteiger partial charge < -0.3 is 5.32 Å². The molecule has 21 heavy (non-hydrogen) atoms. The van der Waals surface area contributed by atoms with Crippen LogP contribution >= 0.6 is 0 Å². The number of nitrogens with one attached hydrogen (secondary N) is 1. The zero-order chi connectivity index (χ0) is 15.1. The Morgan fingerprint density at radius 1 is 1.00 bits per heavy atom. The Morgan fingerprint density at radius 3 is 2.33 bits per heavy atom. The molecule has 0 radical (unpaired) electrons. The highest BCUT2D eigenvalue weighted by atomic mass is 16.1. The van der Waals surface area contributed by atoms with Crippen molar-refractivity contribution >= 4 is 6.29 Å². The molecule has 2 rings (SSSR count). The third-order valence-electron chi connectivity index (χ3n) is 3.77. The second-order valence-corrected chi connectivity index (χ2v) is 5.65. The van der Waals surface area contributed by atoms with Gasteiger partial charge in [-0.2, -0.15) is 0 Å². The minimum Gasteiger partial charge on any atom is -0.309 e. The van der Waals surface area contributed by atoms with Crippen molar-refractivity contribution in [1.82, 2.24) is 5.32 Å². The minimum atomic E-state index is 0.342. The van der Waals surface area contributed by atoms with Crippen LogP contribution in [0.5, 0.6) is 0 Å². The SMILES string of the molecule is CC(C)C(NCCc1ccccc1C=O)c1ccccc1. The molecule has 2 aromatic carbocycles. The monoisotopic (exact) mass is 281 g/mol. The van der Waals surface area contributed by atoms with E-state index in [1.54, 1.807) is 0 Å². The first-order valence-electron chi connectivity index (χ1n) is 7.53. The van der Waals surface area contributed by atoms with Gasteiger partial charge in [0.2, 0.25) is 0 Å². The van der Waals surface area contributed by atoms with Gasteiger partial charge in [0.15, 0.2) is 0 Å². The van der Waals surface area contributed by atoms with E-state index in [0.717, 1.165) is 30.4 Å². The van der Waals surface area contributed by atoms with Crippen LogP contribution in [0.2, 0.25) is 0 Å². The molecule has 0 heterocycles. The zero-order valence-corrected chi connectivity index (χ0v) is 12.8. The average molecular weight is 281 g/mol. The van der Waals surface area contributed by atoms with E-state index in [2.05, 4.69) is 43.4 Å². The van der Waals surface area contributed by atoms with E-state index in [-0.39, 0.29) is 0 Å². The molecule has 0 amide bonds. The molecule has 1 N–H and O–H groups in total. The molecule has 0 fully saturated rings. The van der Waals surface area contributed by atoms with Crippen LogP contribution in [0.4, 0.5) is 0 Å². The minimum absolute atomic E-state index is 0.342. The second kappa shape index (κ2) is 7.75. The van der Waals surface area contributed by atoms with Crippen LogP contribution in [0, 0.1) is 5.92 Å². The number of carbonyl (C=O) groups is 1. The Labute approximate surface area is 127 Å². The molecule has 0 aliphatic rings. The highest BCUT2D eigenvalue weighted by Gasteiger charge is 2.14. The summed E-state index contributed by atoms with van der Waals surface area (Å²) in [6.07, 6.45) is 1.80. The maximum absolute atomic E-state index is 11.0. The van der Waals surface area contributed by atoms with E-state index in [4.69, 9.17) is 0 Å². The third-order valence-corrected chi connectivity index (χ3v) is 3.77. The summed E-state index contributed by atoms with van der Waals surface area (Å²) in [5, 5.41) is 3.62. The van der Waals surface area contributed by atoms with Gasteiger partial charge >= 0.3 is 0 Å². The van der Waals surface area contributed by atoms with Crippen molar-refractivity contribution in [3.05, 3.63) is 71.3 Å². The Balaban J connectivity index is 1.98. The van der Waals surface area contributed by atoms with Gasteiger partial charge in [0.1, 0.15) is 6.29 Å². The van der Waals surface area contributed by atoms with Crippen molar-refractivity contribution in [1.29, 1.82) is 0 Å². The van der Waals surface area contributed by atoms with Crippen LogP contribution < -0.4 is 5.32 Å². The summed E-state index contributed by atoms with van der Waals surface area (Å²) in [5.74, 6) is 0.522. The lowest BCUT2D eigenvalue weighted by Crippen LogP contribution is -2.27. The van der Waals surface area contributed by atoms with Gasteiger partial charge in [-0.1, -0.05) is 68.4 Å². The molecule has 0 aliphatic carbocycles. The fourth-order valence-corrected chi connectivity index (χ4v) is 2.64.